The molecular formula is C15H28N2O3. The van der Waals surface area contributed by atoms with Crippen molar-refractivity contribution in [3.63, 3.8) is 0 Å². The fourth-order valence-electron chi connectivity index (χ4n) is 3.28. The van der Waals surface area contributed by atoms with Gasteiger partial charge in [0.15, 0.2) is 0 Å². The van der Waals surface area contributed by atoms with Crippen LogP contribution >= 0.6 is 0 Å². The van der Waals surface area contributed by atoms with Gasteiger partial charge in [-0.15, -0.1) is 0 Å². The number of nitrogens with one attached hydrogen (secondary N) is 1. The van der Waals surface area contributed by atoms with Crippen molar-refractivity contribution in [3.05, 3.63) is 0 Å². The Morgan fingerprint density at radius 2 is 2.20 bits per heavy atom. The minimum Gasteiger partial charge on any atom is -0.394 e. The molecule has 0 aromatic heterocycles. The number of rotatable bonds is 4. The third-order valence-corrected chi connectivity index (χ3v) is 4.85. The number of hydrogen-bond donors (Lipinski definition) is 2. The maximum absolute atomic E-state index is 12.2. The predicted octanol–water partition coefficient (Wildman–Crippen LogP) is 0.620. The summed E-state index contributed by atoms with van der Waals surface area (Å²) in [6.07, 6.45) is 3.43. The Kier molecular flexibility index (Phi) is 5.81. The van der Waals surface area contributed by atoms with Crippen molar-refractivity contribution in [2.75, 3.05) is 32.8 Å². The number of carbonyl (C=O) groups is 1. The molecule has 0 radical (unpaired) electrons. The maximum atomic E-state index is 12.2. The molecule has 4 atom stereocenters. The molecule has 4 unspecified atom stereocenters. The molecule has 2 fully saturated rings. The minimum atomic E-state index is -0.148. The van der Waals surface area contributed by atoms with E-state index in [1.54, 1.807) is 0 Å². The molecule has 2 aliphatic rings. The van der Waals surface area contributed by atoms with Crippen LogP contribution in [0.2, 0.25) is 0 Å². The van der Waals surface area contributed by atoms with E-state index >= 15 is 0 Å². The summed E-state index contributed by atoms with van der Waals surface area (Å²) in [5.41, 5.74) is 0. The van der Waals surface area contributed by atoms with Crippen molar-refractivity contribution in [2.24, 2.45) is 11.8 Å². The predicted molar refractivity (Wildman–Crippen MR) is 77.4 cm³/mol. The van der Waals surface area contributed by atoms with Crippen LogP contribution in [0.25, 0.3) is 0 Å². The number of aliphatic hydroxyl groups is 1. The lowest BCUT2D eigenvalue weighted by molar-refractivity contribution is -0.126. The fraction of sp³-hybridized carbons (Fsp3) is 0.933. The van der Waals surface area contributed by atoms with Gasteiger partial charge in [-0.1, -0.05) is 26.7 Å². The zero-order valence-electron chi connectivity index (χ0n) is 12.7. The van der Waals surface area contributed by atoms with E-state index in [0.717, 1.165) is 13.0 Å². The highest BCUT2D eigenvalue weighted by Gasteiger charge is 2.29. The second-order valence-electron chi connectivity index (χ2n) is 6.35. The number of morpholine rings is 1. The van der Waals surface area contributed by atoms with Crippen molar-refractivity contribution in [1.29, 1.82) is 0 Å². The molecular weight excluding hydrogens is 256 g/mol. The third kappa shape index (κ3) is 4.17. The Morgan fingerprint density at radius 3 is 2.95 bits per heavy atom. The van der Waals surface area contributed by atoms with Crippen LogP contribution in [0.15, 0.2) is 0 Å². The van der Waals surface area contributed by atoms with Gasteiger partial charge in [-0.3, -0.25) is 9.69 Å². The van der Waals surface area contributed by atoms with E-state index in [-0.39, 0.29) is 18.6 Å². The van der Waals surface area contributed by atoms with Crippen molar-refractivity contribution in [1.82, 2.24) is 10.2 Å². The van der Waals surface area contributed by atoms with Crippen LogP contribution < -0.4 is 5.32 Å². The van der Waals surface area contributed by atoms with Gasteiger partial charge in [0.25, 0.3) is 0 Å². The van der Waals surface area contributed by atoms with Crippen LogP contribution in [0.4, 0.5) is 0 Å². The molecule has 0 aromatic rings. The van der Waals surface area contributed by atoms with E-state index in [9.17, 15) is 4.79 Å². The largest absolute Gasteiger partial charge is 0.394 e. The average Bonchev–Trinajstić information content (AvgIpc) is 2.44. The van der Waals surface area contributed by atoms with Crippen molar-refractivity contribution in [3.8, 4) is 0 Å². The highest BCUT2D eigenvalue weighted by atomic mass is 16.5. The zero-order valence-corrected chi connectivity index (χ0v) is 12.7. The standard InChI is InChI=1S/C15H28N2O3/c1-11-4-3-5-14(12(11)2)16-15(19)9-17-6-7-20-13(8-17)10-18/h11-14,18H,3-10H2,1-2H3,(H,16,19). The average molecular weight is 284 g/mol. The summed E-state index contributed by atoms with van der Waals surface area (Å²) in [5.74, 6) is 1.35. The van der Waals surface area contributed by atoms with Gasteiger partial charge in [-0.05, 0) is 18.3 Å². The van der Waals surface area contributed by atoms with E-state index in [1.165, 1.54) is 12.8 Å². The monoisotopic (exact) mass is 284 g/mol. The SMILES string of the molecule is CC1CCCC(NC(=O)CN2CCOC(CO)C2)C1C. The van der Waals surface area contributed by atoms with E-state index in [1.807, 2.05) is 0 Å². The molecule has 1 aliphatic carbocycles. The molecule has 0 aromatic carbocycles. The topological polar surface area (TPSA) is 61.8 Å². The Hall–Kier alpha value is -0.650. The van der Waals surface area contributed by atoms with Crippen LogP contribution in [0.1, 0.15) is 33.1 Å². The van der Waals surface area contributed by atoms with Gasteiger partial charge in [-0.2, -0.15) is 0 Å². The summed E-state index contributed by atoms with van der Waals surface area (Å²) in [7, 11) is 0. The first kappa shape index (κ1) is 15.7. The zero-order chi connectivity index (χ0) is 14.5. The van der Waals surface area contributed by atoms with Gasteiger partial charge in [0.1, 0.15) is 0 Å². The Bertz CT molecular complexity index is 324. The molecule has 5 nitrogen and oxygen atoms in total. The summed E-state index contributed by atoms with van der Waals surface area (Å²) >= 11 is 0. The number of carbonyl (C=O) groups excluding carboxylic acids is 1. The van der Waals surface area contributed by atoms with Crippen LogP contribution in [-0.4, -0.2) is 60.9 Å². The second kappa shape index (κ2) is 7.38. The molecule has 1 heterocycles. The number of aliphatic hydroxyl groups excluding tert-OH is 1. The van der Waals surface area contributed by atoms with Gasteiger partial charge in [0.05, 0.1) is 25.9 Å². The van der Waals surface area contributed by atoms with Crippen LogP contribution in [0.5, 0.6) is 0 Å². The molecule has 2 rings (SSSR count). The summed E-state index contributed by atoms with van der Waals surface area (Å²) in [5, 5.41) is 12.3. The van der Waals surface area contributed by atoms with Gasteiger partial charge in [0, 0.05) is 19.1 Å². The summed E-state index contributed by atoms with van der Waals surface area (Å²) in [6, 6.07) is 0.320. The lowest BCUT2D eigenvalue weighted by Gasteiger charge is -2.36. The molecule has 1 saturated carbocycles. The maximum Gasteiger partial charge on any atom is 0.234 e. The first-order valence-electron chi connectivity index (χ1n) is 7.84. The van der Waals surface area contributed by atoms with E-state index in [4.69, 9.17) is 9.84 Å². The molecule has 2 N–H and O–H groups in total. The van der Waals surface area contributed by atoms with Gasteiger partial charge >= 0.3 is 0 Å². The van der Waals surface area contributed by atoms with Crippen molar-refractivity contribution < 1.29 is 14.6 Å². The number of amides is 1. The summed E-state index contributed by atoms with van der Waals surface area (Å²) in [4.78, 5) is 14.2. The van der Waals surface area contributed by atoms with E-state index in [2.05, 4.69) is 24.1 Å². The van der Waals surface area contributed by atoms with Gasteiger partial charge in [0.2, 0.25) is 5.91 Å². The van der Waals surface area contributed by atoms with Crippen LogP contribution in [-0.2, 0) is 9.53 Å². The highest BCUT2D eigenvalue weighted by molar-refractivity contribution is 5.78. The number of ether oxygens (including phenoxy) is 1. The molecule has 1 saturated heterocycles. The molecule has 0 spiro atoms. The van der Waals surface area contributed by atoms with Crippen LogP contribution in [0, 0.1) is 11.8 Å². The van der Waals surface area contributed by atoms with Gasteiger partial charge in [-0.25, -0.2) is 0 Å². The quantitative estimate of drug-likeness (QED) is 0.794. The Morgan fingerprint density at radius 1 is 1.40 bits per heavy atom. The van der Waals surface area contributed by atoms with Crippen LogP contribution in [0.3, 0.4) is 0 Å². The first-order chi connectivity index (χ1) is 9.60. The number of hydrogen-bond acceptors (Lipinski definition) is 4. The molecule has 20 heavy (non-hydrogen) atoms. The lowest BCUT2D eigenvalue weighted by Crippen LogP contribution is -2.51. The molecule has 116 valence electrons. The fourth-order valence-corrected chi connectivity index (χ4v) is 3.28. The Labute approximate surface area is 121 Å². The van der Waals surface area contributed by atoms with Crippen molar-refractivity contribution in [2.45, 2.75) is 45.3 Å². The van der Waals surface area contributed by atoms with E-state index in [0.29, 0.717) is 37.6 Å². The first-order valence-corrected chi connectivity index (χ1v) is 7.84. The Balaban J connectivity index is 1.77. The molecule has 1 aliphatic heterocycles. The van der Waals surface area contributed by atoms with E-state index < -0.39 is 0 Å². The highest BCUT2D eigenvalue weighted by Crippen LogP contribution is 2.29. The normalized spacial score (nSPS) is 35.8. The molecule has 0 bridgehead atoms. The summed E-state index contributed by atoms with van der Waals surface area (Å²) < 4.78 is 5.40. The third-order valence-electron chi connectivity index (χ3n) is 4.85. The van der Waals surface area contributed by atoms with Crippen molar-refractivity contribution >= 4 is 5.91 Å². The van der Waals surface area contributed by atoms with Gasteiger partial charge < -0.3 is 15.2 Å². The molecule has 5 heteroatoms. The second-order valence-corrected chi connectivity index (χ2v) is 6.35. The minimum absolute atomic E-state index is 0.0231. The summed E-state index contributed by atoms with van der Waals surface area (Å²) in [6.45, 7) is 6.95. The number of nitrogens with zero attached hydrogens (tertiary/aromatic N) is 1. The molecule has 1 amide bonds. The smallest absolute Gasteiger partial charge is 0.234 e. The lowest BCUT2D eigenvalue weighted by atomic mass is 9.78.